The van der Waals surface area contributed by atoms with Crippen LogP contribution >= 0.6 is 0 Å². The SMILES string of the molecule is COCCNC(=O)CN1CCNC1=O. The summed E-state index contributed by atoms with van der Waals surface area (Å²) in [6.07, 6.45) is 0. The van der Waals surface area contributed by atoms with Gasteiger partial charge in [-0.25, -0.2) is 4.79 Å². The molecule has 14 heavy (non-hydrogen) atoms. The zero-order valence-corrected chi connectivity index (χ0v) is 8.21. The Kier molecular flexibility index (Phi) is 4.18. The van der Waals surface area contributed by atoms with Crippen molar-refractivity contribution >= 4 is 11.9 Å². The van der Waals surface area contributed by atoms with Gasteiger partial charge in [-0.15, -0.1) is 0 Å². The second-order valence-electron chi connectivity index (χ2n) is 3.00. The first-order valence-corrected chi connectivity index (χ1v) is 4.52. The fraction of sp³-hybridized carbons (Fsp3) is 0.750. The molecule has 0 radical (unpaired) electrons. The summed E-state index contributed by atoms with van der Waals surface area (Å²) in [5, 5.41) is 5.27. The first kappa shape index (κ1) is 10.8. The van der Waals surface area contributed by atoms with E-state index in [1.54, 1.807) is 7.11 Å². The number of hydrogen-bond acceptors (Lipinski definition) is 3. The predicted octanol–water partition coefficient (Wildman–Crippen LogP) is -1.23. The molecule has 0 unspecified atom stereocenters. The number of ether oxygens (including phenoxy) is 1. The van der Waals surface area contributed by atoms with Crippen molar-refractivity contribution in [1.82, 2.24) is 15.5 Å². The molecule has 1 aliphatic heterocycles. The molecule has 0 bridgehead atoms. The number of nitrogens with one attached hydrogen (secondary N) is 2. The molecule has 6 nitrogen and oxygen atoms in total. The van der Waals surface area contributed by atoms with Gasteiger partial charge in [-0.05, 0) is 0 Å². The highest BCUT2D eigenvalue weighted by atomic mass is 16.5. The smallest absolute Gasteiger partial charge is 0.317 e. The highest BCUT2D eigenvalue weighted by molar-refractivity contribution is 5.84. The summed E-state index contributed by atoms with van der Waals surface area (Å²) < 4.78 is 4.78. The Hall–Kier alpha value is -1.30. The fourth-order valence-corrected chi connectivity index (χ4v) is 1.18. The van der Waals surface area contributed by atoms with E-state index in [4.69, 9.17) is 4.74 Å². The van der Waals surface area contributed by atoms with Crippen LogP contribution in [-0.2, 0) is 9.53 Å². The van der Waals surface area contributed by atoms with Gasteiger partial charge in [-0.2, -0.15) is 0 Å². The summed E-state index contributed by atoms with van der Waals surface area (Å²) >= 11 is 0. The minimum Gasteiger partial charge on any atom is -0.383 e. The van der Waals surface area contributed by atoms with Crippen LogP contribution in [0.5, 0.6) is 0 Å². The van der Waals surface area contributed by atoms with Crippen molar-refractivity contribution in [2.24, 2.45) is 0 Å². The molecule has 1 saturated heterocycles. The minimum absolute atomic E-state index is 0.121. The predicted molar refractivity (Wildman–Crippen MR) is 49.9 cm³/mol. The van der Waals surface area contributed by atoms with Gasteiger partial charge in [0, 0.05) is 26.7 Å². The summed E-state index contributed by atoms with van der Waals surface area (Å²) in [6.45, 7) is 2.29. The number of carbonyl (C=O) groups excluding carboxylic acids is 2. The molecule has 2 N–H and O–H groups in total. The molecule has 3 amide bonds. The quantitative estimate of drug-likeness (QED) is 0.547. The average molecular weight is 201 g/mol. The van der Waals surface area contributed by atoms with Crippen LogP contribution in [0.2, 0.25) is 0 Å². The van der Waals surface area contributed by atoms with E-state index in [0.29, 0.717) is 26.2 Å². The van der Waals surface area contributed by atoms with Gasteiger partial charge in [-0.3, -0.25) is 4.79 Å². The van der Waals surface area contributed by atoms with Gasteiger partial charge in [0.25, 0.3) is 0 Å². The second kappa shape index (κ2) is 5.43. The first-order valence-electron chi connectivity index (χ1n) is 4.52. The van der Waals surface area contributed by atoms with Crippen LogP contribution in [0.1, 0.15) is 0 Å². The molecular weight excluding hydrogens is 186 g/mol. The number of methoxy groups -OCH3 is 1. The van der Waals surface area contributed by atoms with Crippen molar-refractivity contribution < 1.29 is 14.3 Å². The highest BCUT2D eigenvalue weighted by Crippen LogP contribution is 1.94. The van der Waals surface area contributed by atoms with Crippen molar-refractivity contribution in [2.45, 2.75) is 0 Å². The maximum absolute atomic E-state index is 11.2. The van der Waals surface area contributed by atoms with Crippen molar-refractivity contribution in [3.05, 3.63) is 0 Å². The molecule has 1 fully saturated rings. The number of hydrogen-bond donors (Lipinski definition) is 2. The number of amides is 3. The maximum Gasteiger partial charge on any atom is 0.317 e. The van der Waals surface area contributed by atoms with Crippen molar-refractivity contribution in [1.29, 1.82) is 0 Å². The van der Waals surface area contributed by atoms with Gasteiger partial charge < -0.3 is 20.3 Å². The van der Waals surface area contributed by atoms with Crippen molar-refractivity contribution in [3.8, 4) is 0 Å². The number of urea groups is 1. The van der Waals surface area contributed by atoms with Crippen LogP contribution in [0.25, 0.3) is 0 Å². The van der Waals surface area contributed by atoms with Gasteiger partial charge in [0.05, 0.1) is 6.61 Å². The van der Waals surface area contributed by atoms with Gasteiger partial charge in [0.1, 0.15) is 6.54 Å². The molecule has 1 heterocycles. The lowest BCUT2D eigenvalue weighted by Gasteiger charge is -2.13. The summed E-state index contributed by atoms with van der Waals surface area (Å²) in [4.78, 5) is 23.8. The molecule has 0 saturated carbocycles. The van der Waals surface area contributed by atoms with Crippen molar-refractivity contribution in [3.63, 3.8) is 0 Å². The largest absolute Gasteiger partial charge is 0.383 e. The van der Waals surface area contributed by atoms with Gasteiger partial charge in [-0.1, -0.05) is 0 Å². The topological polar surface area (TPSA) is 70.7 Å². The van der Waals surface area contributed by atoms with E-state index in [9.17, 15) is 9.59 Å². The number of rotatable bonds is 5. The van der Waals surface area contributed by atoms with Crippen LogP contribution in [0.15, 0.2) is 0 Å². The molecule has 0 aliphatic carbocycles. The van der Waals surface area contributed by atoms with Crippen LogP contribution in [-0.4, -0.2) is 56.7 Å². The molecule has 1 rings (SSSR count). The zero-order chi connectivity index (χ0) is 10.4. The Morgan fingerprint density at radius 1 is 1.71 bits per heavy atom. The van der Waals surface area contributed by atoms with Crippen molar-refractivity contribution in [2.75, 3.05) is 39.9 Å². The monoisotopic (exact) mass is 201 g/mol. The van der Waals surface area contributed by atoms with E-state index < -0.39 is 0 Å². The average Bonchev–Trinajstić information content (AvgIpc) is 2.52. The van der Waals surface area contributed by atoms with Crippen LogP contribution in [0.4, 0.5) is 4.79 Å². The first-order chi connectivity index (χ1) is 6.74. The molecule has 0 aromatic heterocycles. The van der Waals surface area contributed by atoms with E-state index in [1.807, 2.05) is 0 Å². The van der Waals surface area contributed by atoms with E-state index in [-0.39, 0.29) is 18.5 Å². The molecule has 0 atom stereocenters. The third-order valence-electron chi connectivity index (χ3n) is 1.91. The Bertz CT molecular complexity index is 220. The standard InChI is InChI=1S/C8H15N3O3/c1-14-5-3-9-7(12)6-11-4-2-10-8(11)13/h2-6H2,1H3,(H,9,12)(H,10,13). The summed E-state index contributed by atoms with van der Waals surface area (Å²) in [5.41, 5.74) is 0. The molecule has 0 aromatic rings. The van der Waals surface area contributed by atoms with Gasteiger partial charge in [0.15, 0.2) is 0 Å². The molecular formula is C8H15N3O3. The van der Waals surface area contributed by atoms with Gasteiger partial charge in [0.2, 0.25) is 5.91 Å². The van der Waals surface area contributed by atoms with Gasteiger partial charge >= 0.3 is 6.03 Å². The van der Waals surface area contributed by atoms with E-state index in [1.165, 1.54) is 4.90 Å². The summed E-state index contributed by atoms with van der Waals surface area (Å²) in [6, 6.07) is -0.174. The molecule has 1 aliphatic rings. The molecule has 0 aromatic carbocycles. The molecule has 6 heteroatoms. The number of carbonyl (C=O) groups is 2. The van der Waals surface area contributed by atoms with Crippen LogP contribution < -0.4 is 10.6 Å². The Balaban J connectivity index is 2.16. The minimum atomic E-state index is -0.174. The van der Waals surface area contributed by atoms with Crippen LogP contribution in [0.3, 0.4) is 0 Å². The lowest BCUT2D eigenvalue weighted by molar-refractivity contribution is -0.121. The lowest BCUT2D eigenvalue weighted by atomic mass is 10.5. The molecule has 0 spiro atoms. The van der Waals surface area contributed by atoms with E-state index >= 15 is 0 Å². The third kappa shape index (κ3) is 3.21. The Morgan fingerprint density at radius 3 is 3.07 bits per heavy atom. The lowest BCUT2D eigenvalue weighted by Crippen LogP contribution is -2.39. The Morgan fingerprint density at radius 2 is 2.50 bits per heavy atom. The molecule has 80 valence electrons. The summed E-state index contributed by atoms with van der Waals surface area (Å²) in [7, 11) is 1.57. The fourth-order valence-electron chi connectivity index (χ4n) is 1.18. The third-order valence-corrected chi connectivity index (χ3v) is 1.91. The van der Waals surface area contributed by atoms with Crippen LogP contribution in [0, 0.1) is 0 Å². The van der Waals surface area contributed by atoms with E-state index in [2.05, 4.69) is 10.6 Å². The second-order valence-corrected chi connectivity index (χ2v) is 3.00. The zero-order valence-electron chi connectivity index (χ0n) is 8.21. The van der Waals surface area contributed by atoms with E-state index in [0.717, 1.165) is 0 Å². The number of nitrogens with zero attached hydrogens (tertiary/aromatic N) is 1. The Labute approximate surface area is 82.6 Å². The summed E-state index contributed by atoms with van der Waals surface area (Å²) in [5.74, 6) is -0.154. The maximum atomic E-state index is 11.2. The highest BCUT2D eigenvalue weighted by Gasteiger charge is 2.21. The normalized spacial score (nSPS) is 15.5.